The quantitative estimate of drug-likeness (QED) is 0.542. The first-order chi connectivity index (χ1) is 13.7. The van der Waals surface area contributed by atoms with Gasteiger partial charge in [0.15, 0.2) is 0 Å². The predicted octanol–water partition coefficient (Wildman–Crippen LogP) is 5.45. The van der Waals surface area contributed by atoms with Crippen molar-refractivity contribution in [2.45, 2.75) is 32.6 Å². The summed E-state index contributed by atoms with van der Waals surface area (Å²) in [7, 11) is -3.62. The molecule has 1 heterocycles. The van der Waals surface area contributed by atoms with E-state index in [1.54, 1.807) is 26.0 Å². The Bertz CT molecular complexity index is 1180. The molecule has 0 atom stereocenters. The number of hydrogen-bond donors (Lipinski definition) is 1. The summed E-state index contributed by atoms with van der Waals surface area (Å²) < 4.78 is 28.0. The molecule has 0 unspecified atom stereocenters. The smallest absolute Gasteiger partial charge is 0.267 e. The number of aryl methyl sites for hydroxylation is 2. The minimum atomic E-state index is -3.62. The van der Waals surface area contributed by atoms with Crippen LogP contribution in [0.1, 0.15) is 34.6 Å². The molecule has 0 radical (unpaired) electrons. The fraction of sp³-hybridized carbons (Fsp3) is 0.286. The Morgan fingerprint density at radius 2 is 1.79 bits per heavy atom. The lowest BCUT2D eigenvalue weighted by atomic mass is 10.1. The number of carbonyl (C=O) groups excluding carboxylic acids is 1. The van der Waals surface area contributed by atoms with E-state index >= 15 is 0 Å². The van der Waals surface area contributed by atoms with Crippen LogP contribution in [0.4, 0.5) is 5.69 Å². The molecule has 0 aliphatic carbocycles. The number of halogens is 1. The van der Waals surface area contributed by atoms with Crippen LogP contribution >= 0.6 is 22.9 Å². The maximum Gasteiger partial charge on any atom is 0.267 e. The summed E-state index contributed by atoms with van der Waals surface area (Å²) in [5.41, 5.74) is 2.23. The van der Waals surface area contributed by atoms with Gasteiger partial charge in [0, 0.05) is 28.9 Å². The van der Waals surface area contributed by atoms with E-state index in [0.29, 0.717) is 28.7 Å². The Morgan fingerprint density at radius 1 is 1.10 bits per heavy atom. The lowest BCUT2D eigenvalue weighted by Gasteiger charge is -2.19. The number of sulfonamides is 1. The second-order valence-corrected chi connectivity index (χ2v) is 10.1. The zero-order valence-corrected chi connectivity index (χ0v) is 19.1. The highest BCUT2D eigenvalue weighted by Crippen LogP contribution is 2.37. The minimum Gasteiger partial charge on any atom is -0.321 e. The van der Waals surface area contributed by atoms with Gasteiger partial charge in [0.25, 0.3) is 5.91 Å². The van der Waals surface area contributed by atoms with Crippen LogP contribution < -0.4 is 5.32 Å². The first-order valence-electron chi connectivity index (χ1n) is 9.30. The van der Waals surface area contributed by atoms with Crippen molar-refractivity contribution in [3.63, 3.8) is 0 Å². The molecule has 0 spiro atoms. The van der Waals surface area contributed by atoms with Crippen LogP contribution in [0.5, 0.6) is 0 Å². The Morgan fingerprint density at radius 3 is 2.41 bits per heavy atom. The van der Waals surface area contributed by atoms with Gasteiger partial charge in [0.05, 0.1) is 9.92 Å². The van der Waals surface area contributed by atoms with E-state index in [2.05, 4.69) is 5.32 Å². The molecule has 3 aromatic rings. The molecule has 3 rings (SSSR count). The van der Waals surface area contributed by atoms with Crippen LogP contribution in [0.3, 0.4) is 0 Å². The largest absolute Gasteiger partial charge is 0.321 e. The van der Waals surface area contributed by atoms with E-state index in [1.807, 2.05) is 32.0 Å². The molecule has 0 aliphatic rings. The number of thiophene rings is 1. The minimum absolute atomic E-state index is 0.153. The fourth-order valence-electron chi connectivity index (χ4n) is 3.21. The Kier molecular flexibility index (Phi) is 6.33. The van der Waals surface area contributed by atoms with Crippen LogP contribution in [-0.4, -0.2) is 31.7 Å². The van der Waals surface area contributed by atoms with Crippen molar-refractivity contribution in [3.8, 4) is 0 Å². The average molecular weight is 451 g/mol. The zero-order chi connectivity index (χ0) is 21.3. The molecular weight excluding hydrogens is 428 g/mol. The number of rotatable bonds is 6. The summed E-state index contributed by atoms with van der Waals surface area (Å²) in [6.45, 7) is 8.12. The van der Waals surface area contributed by atoms with Crippen LogP contribution in [-0.2, 0) is 10.0 Å². The van der Waals surface area contributed by atoms with Crippen LogP contribution in [0.25, 0.3) is 10.1 Å². The second-order valence-electron chi connectivity index (χ2n) is 6.71. The molecule has 0 bridgehead atoms. The zero-order valence-electron chi connectivity index (χ0n) is 16.7. The summed E-state index contributed by atoms with van der Waals surface area (Å²) in [5.74, 6) is -0.351. The number of anilines is 1. The Balaban J connectivity index is 1.98. The maximum atomic E-state index is 12.9. The molecule has 1 N–H and O–H groups in total. The third-order valence-corrected chi connectivity index (χ3v) is 8.56. The van der Waals surface area contributed by atoms with Gasteiger partial charge in [-0.15, -0.1) is 11.3 Å². The van der Waals surface area contributed by atoms with Gasteiger partial charge < -0.3 is 5.32 Å². The summed E-state index contributed by atoms with van der Waals surface area (Å²) in [5, 5.41) is 4.13. The van der Waals surface area contributed by atoms with Gasteiger partial charge in [-0.25, -0.2) is 8.42 Å². The van der Waals surface area contributed by atoms with Gasteiger partial charge in [0.2, 0.25) is 10.0 Å². The molecule has 1 aromatic heterocycles. The van der Waals surface area contributed by atoms with Crippen molar-refractivity contribution in [1.29, 1.82) is 0 Å². The van der Waals surface area contributed by atoms with E-state index < -0.39 is 10.0 Å². The number of benzene rings is 2. The fourth-order valence-corrected chi connectivity index (χ4v) is 6.27. The predicted molar refractivity (Wildman–Crippen MR) is 121 cm³/mol. The number of carbonyl (C=O) groups is 1. The van der Waals surface area contributed by atoms with Crippen molar-refractivity contribution in [2.75, 3.05) is 18.4 Å². The number of amides is 1. The number of nitrogens with zero attached hydrogens (tertiary/aromatic N) is 1. The van der Waals surface area contributed by atoms with E-state index in [4.69, 9.17) is 11.6 Å². The summed E-state index contributed by atoms with van der Waals surface area (Å²) in [6, 6.07) is 10.6. The van der Waals surface area contributed by atoms with Gasteiger partial charge in [0.1, 0.15) is 4.88 Å². The normalized spacial score (nSPS) is 11.9. The molecule has 0 aliphatic heterocycles. The molecule has 5 nitrogen and oxygen atoms in total. The highest BCUT2D eigenvalue weighted by molar-refractivity contribution is 7.89. The van der Waals surface area contributed by atoms with Gasteiger partial charge in [-0.3, -0.25) is 4.79 Å². The Labute approximate surface area is 180 Å². The highest BCUT2D eigenvalue weighted by atomic mass is 35.5. The SMILES string of the molecule is CCN(CC)S(=O)(=O)c1ccc(C)c(NC(=O)c2sc3cccc(C)c3c2Cl)c1. The summed E-state index contributed by atoms with van der Waals surface area (Å²) in [6.07, 6.45) is 0. The summed E-state index contributed by atoms with van der Waals surface area (Å²) in [4.78, 5) is 13.5. The molecular formula is C21H23ClN2O3S2. The van der Waals surface area contributed by atoms with E-state index in [-0.39, 0.29) is 10.8 Å². The second kappa shape index (κ2) is 8.44. The molecule has 0 fully saturated rings. The van der Waals surface area contributed by atoms with Gasteiger partial charge in [-0.2, -0.15) is 4.31 Å². The lowest BCUT2D eigenvalue weighted by molar-refractivity contribution is 0.103. The average Bonchev–Trinajstić information content (AvgIpc) is 3.02. The van der Waals surface area contributed by atoms with E-state index in [1.165, 1.54) is 21.7 Å². The molecule has 0 saturated carbocycles. The monoisotopic (exact) mass is 450 g/mol. The van der Waals surface area contributed by atoms with Gasteiger partial charge >= 0.3 is 0 Å². The summed E-state index contributed by atoms with van der Waals surface area (Å²) >= 11 is 7.82. The third-order valence-electron chi connectivity index (χ3n) is 4.87. The van der Waals surface area contributed by atoms with Crippen molar-refractivity contribution in [1.82, 2.24) is 4.31 Å². The number of hydrogen-bond acceptors (Lipinski definition) is 4. The molecule has 1 amide bonds. The van der Waals surface area contributed by atoms with Crippen molar-refractivity contribution >= 4 is 54.6 Å². The first kappa shape index (κ1) is 21.8. The topological polar surface area (TPSA) is 66.5 Å². The Hall–Kier alpha value is -1.93. The molecule has 0 saturated heterocycles. The van der Waals surface area contributed by atoms with Crippen molar-refractivity contribution < 1.29 is 13.2 Å². The number of nitrogens with one attached hydrogen (secondary N) is 1. The van der Waals surface area contributed by atoms with Crippen LogP contribution in [0, 0.1) is 13.8 Å². The third kappa shape index (κ3) is 4.05. The number of fused-ring (bicyclic) bond motifs is 1. The first-order valence-corrected chi connectivity index (χ1v) is 11.9. The van der Waals surface area contributed by atoms with Crippen molar-refractivity contribution in [3.05, 3.63) is 57.4 Å². The molecule has 154 valence electrons. The van der Waals surface area contributed by atoms with E-state index in [9.17, 15) is 13.2 Å². The van der Waals surface area contributed by atoms with Gasteiger partial charge in [-0.05, 0) is 43.2 Å². The van der Waals surface area contributed by atoms with Gasteiger partial charge in [-0.1, -0.05) is 43.6 Å². The molecule has 29 heavy (non-hydrogen) atoms. The molecule has 8 heteroatoms. The lowest BCUT2D eigenvalue weighted by Crippen LogP contribution is -2.30. The maximum absolute atomic E-state index is 12.9. The molecule has 2 aromatic carbocycles. The highest BCUT2D eigenvalue weighted by Gasteiger charge is 2.23. The standard InChI is InChI=1S/C21H23ClN2O3S2/c1-5-24(6-2)29(26,27)15-11-10-13(3)16(12-15)23-21(25)20-19(22)18-14(4)8-7-9-17(18)28-20/h7-12H,5-6H2,1-4H3,(H,23,25). The van der Waals surface area contributed by atoms with Crippen LogP contribution in [0.2, 0.25) is 5.02 Å². The van der Waals surface area contributed by atoms with E-state index in [0.717, 1.165) is 21.2 Å². The van der Waals surface area contributed by atoms with Crippen LogP contribution in [0.15, 0.2) is 41.3 Å². The van der Waals surface area contributed by atoms with Crippen molar-refractivity contribution in [2.24, 2.45) is 0 Å².